The summed E-state index contributed by atoms with van der Waals surface area (Å²) in [7, 11) is 7.04. The van der Waals surface area contributed by atoms with Crippen LogP contribution in [0.5, 0.6) is 0 Å². The lowest BCUT2D eigenvalue weighted by Crippen LogP contribution is -2.23. The van der Waals surface area contributed by atoms with E-state index in [9.17, 15) is 9.18 Å². The fourth-order valence-electron chi connectivity index (χ4n) is 1.83. The summed E-state index contributed by atoms with van der Waals surface area (Å²) in [6.45, 7) is 0. The minimum atomic E-state index is -0.375. The quantitative estimate of drug-likeness (QED) is 0.831. The summed E-state index contributed by atoms with van der Waals surface area (Å²) >= 11 is 0. The number of aromatic nitrogens is 1. The molecule has 0 atom stereocenters. The summed E-state index contributed by atoms with van der Waals surface area (Å²) in [4.78, 5) is 19.9. The maximum Gasteiger partial charge on any atom is 0.254 e. The van der Waals surface area contributed by atoms with Gasteiger partial charge in [0.05, 0.1) is 11.1 Å². The lowest BCUT2D eigenvalue weighted by molar-refractivity contribution is 0.0829. The Morgan fingerprint density at radius 1 is 1.16 bits per heavy atom. The van der Waals surface area contributed by atoms with Crippen LogP contribution < -0.4 is 4.90 Å². The molecule has 0 radical (unpaired) electrons. The molecule has 0 spiro atoms. The van der Waals surface area contributed by atoms with Crippen LogP contribution in [0.4, 0.5) is 10.2 Å². The van der Waals surface area contributed by atoms with Crippen LogP contribution in [0.3, 0.4) is 0 Å². The Kier molecular flexibility index (Phi) is 3.38. The third-order valence-electron chi connectivity index (χ3n) is 2.85. The summed E-state index contributed by atoms with van der Waals surface area (Å²) in [5.41, 5.74) is 1.07. The Morgan fingerprint density at radius 2 is 1.84 bits per heavy atom. The number of rotatable bonds is 2. The number of halogens is 1. The third kappa shape index (κ3) is 2.50. The first-order chi connectivity index (χ1) is 8.90. The topological polar surface area (TPSA) is 36.4 Å². The van der Waals surface area contributed by atoms with Gasteiger partial charge in [-0.3, -0.25) is 4.79 Å². The second-order valence-electron chi connectivity index (χ2n) is 4.78. The van der Waals surface area contributed by atoms with E-state index in [1.165, 1.54) is 17.0 Å². The highest BCUT2D eigenvalue weighted by molar-refractivity contribution is 6.06. The van der Waals surface area contributed by atoms with Crippen molar-refractivity contribution in [3.05, 3.63) is 35.6 Å². The zero-order valence-corrected chi connectivity index (χ0v) is 11.4. The van der Waals surface area contributed by atoms with Gasteiger partial charge < -0.3 is 9.80 Å². The molecule has 1 heterocycles. The predicted octanol–water partition coefficient (Wildman–Crippen LogP) is 2.14. The smallest absolute Gasteiger partial charge is 0.254 e. The van der Waals surface area contributed by atoms with Crippen molar-refractivity contribution in [2.45, 2.75) is 0 Å². The molecule has 0 saturated heterocycles. The van der Waals surface area contributed by atoms with E-state index < -0.39 is 0 Å². The molecule has 0 aliphatic heterocycles. The maximum atomic E-state index is 13.4. The highest BCUT2D eigenvalue weighted by atomic mass is 19.1. The number of hydrogen-bond donors (Lipinski definition) is 0. The van der Waals surface area contributed by atoms with Gasteiger partial charge in [-0.2, -0.15) is 0 Å². The second-order valence-corrected chi connectivity index (χ2v) is 4.78. The molecule has 5 heteroatoms. The first kappa shape index (κ1) is 13.3. The molecule has 0 unspecified atom stereocenters. The summed E-state index contributed by atoms with van der Waals surface area (Å²) in [6.07, 6.45) is 0. The molecular weight excluding hydrogens is 245 g/mol. The summed E-state index contributed by atoms with van der Waals surface area (Å²) in [5, 5.41) is 0.532. The van der Waals surface area contributed by atoms with Crippen LogP contribution in [0.1, 0.15) is 10.4 Å². The third-order valence-corrected chi connectivity index (χ3v) is 2.85. The van der Waals surface area contributed by atoms with Crippen molar-refractivity contribution in [1.82, 2.24) is 9.88 Å². The van der Waals surface area contributed by atoms with E-state index in [2.05, 4.69) is 4.98 Å². The lowest BCUT2D eigenvalue weighted by atomic mass is 10.1. The van der Waals surface area contributed by atoms with E-state index in [1.807, 2.05) is 19.0 Å². The summed E-state index contributed by atoms with van der Waals surface area (Å²) in [6, 6.07) is 5.96. The Hall–Kier alpha value is -2.17. The molecule has 1 amide bonds. The van der Waals surface area contributed by atoms with E-state index >= 15 is 0 Å². The van der Waals surface area contributed by atoms with Crippen molar-refractivity contribution < 1.29 is 9.18 Å². The molecule has 2 aromatic rings. The molecule has 0 bridgehead atoms. The van der Waals surface area contributed by atoms with Crippen LogP contribution in [0.15, 0.2) is 24.3 Å². The summed E-state index contributed by atoms with van der Waals surface area (Å²) < 4.78 is 13.4. The van der Waals surface area contributed by atoms with E-state index in [4.69, 9.17) is 0 Å². The number of nitrogens with zero attached hydrogens (tertiary/aromatic N) is 3. The van der Waals surface area contributed by atoms with Crippen LogP contribution in [0.2, 0.25) is 0 Å². The van der Waals surface area contributed by atoms with Crippen molar-refractivity contribution in [2.75, 3.05) is 33.1 Å². The van der Waals surface area contributed by atoms with Gasteiger partial charge in [-0.1, -0.05) is 0 Å². The first-order valence-corrected chi connectivity index (χ1v) is 5.89. The highest BCUT2D eigenvalue weighted by Gasteiger charge is 2.16. The fourth-order valence-corrected chi connectivity index (χ4v) is 1.83. The lowest BCUT2D eigenvalue weighted by Gasteiger charge is -2.17. The van der Waals surface area contributed by atoms with E-state index in [1.54, 1.807) is 26.2 Å². The number of anilines is 1. The number of benzene rings is 1. The van der Waals surface area contributed by atoms with Gasteiger partial charge in [-0.05, 0) is 24.3 Å². The maximum absolute atomic E-state index is 13.4. The normalized spacial score (nSPS) is 10.6. The number of pyridine rings is 1. The van der Waals surface area contributed by atoms with E-state index in [0.29, 0.717) is 22.3 Å². The molecule has 4 nitrogen and oxygen atoms in total. The second kappa shape index (κ2) is 4.84. The molecule has 0 N–H and O–H groups in total. The van der Waals surface area contributed by atoms with Crippen LogP contribution >= 0.6 is 0 Å². The zero-order chi connectivity index (χ0) is 14.2. The zero-order valence-electron chi connectivity index (χ0n) is 11.4. The molecule has 1 aromatic carbocycles. The van der Waals surface area contributed by atoms with Gasteiger partial charge in [0.1, 0.15) is 11.6 Å². The molecule has 1 aromatic heterocycles. The van der Waals surface area contributed by atoms with Crippen molar-refractivity contribution in [3.63, 3.8) is 0 Å². The standard InChI is InChI=1S/C14H16FN3O/c1-17(2)13-8-11(14(19)18(3)4)10-7-9(15)5-6-12(10)16-13/h5-8H,1-4H3. The monoisotopic (exact) mass is 261 g/mol. The van der Waals surface area contributed by atoms with Crippen LogP contribution in [-0.2, 0) is 0 Å². The minimum Gasteiger partial charge on any atom is -0.363 e. The van der Waals surface area contributed by atoms with E-state index in [-0.39, 0.29) is 11.7 Å². The highest BCUT2D eigenvalue weighted by Crippen LogP contribution is 2.24. The predicted molar refractivity (Wildman–Crippen MR) is 74.0 cm³/mol. The van der Waals surface area contributed by atoms with Crippen molar-refractivity contribution in [2.24, 2.45) is 0 Å². The number of fused-ring (bicyclic) bond motifs is 1. The Morgan fingerprint density at radius 3 is 2.42 bits per heavy atom. The molecule has 2 rings (SSSR count). The molecule has 0 fully saturated rings. The van der Waals surface area contributed by atoms with Gasteiger partial charge in [-0.25, -0.2) is 9.37 Å². The van der Waals surface area contributed by atoms with Gasteiger partial charge in [0, 0.05) is 33.6 Å². The Balaban J connectivity index is 2.76. The fraction of sp³-hybridized carbons (Fsp3) is 0.286. The van der Waals surface area contributed by atoms with Crippen LogP contribution in [0, 0.1) is 5.82 Å². The Labute approximate surface area is 111 Å². The van der Waals surface area contributed by atoms with Crippen LogP contribution in [-0.4, -0.2) is 44.0 Å². The molecule has 0 aliphatic carbocycles. The average Bonchev–Trinajstić information content (AvgIpc) is 2.36. The number of amides is 1. The molecule has 100 valence electrons. The van der Waals surface area contributed by atoms with Crippen molar-refractivity contribution in [1.29, 1.82) is 0 Å². The minimum absolute atomic E-state index is 0.166. The van der Waals surface area contributed by atoms with Crippen molar-refractivity contribution in [3.8, 4) is 0 Å². The van der Waals surface area contributed by atoms with Gasteiger partial charge in [0.25, 0.3) is 5.91 Å². The Bertz CT molecular complexity index is 638. The van der Waals surface area contributed by atoms with Crippen LogP contribution in [0.25, 0.3) is 10.9 Å². The van der Waals surface area contributed by atoms with Gasteiger partial charge in [0.15, 0.2) is 0 Å². The van der Waals surface area contributed by atoms with Gasteiger partial charge >= 0.3 is 0 Å². The number of hydrogen-bond acceptors (Lipinski definition) is 3. The van der Waals surface area contributed by atoms with Crippen molar-refractivity contribution >= 4 is 22.6 Å². The largest absolute Gasteiger partial charge is 0.363 e. The molecular formula is C14H16FN3O. The molecule has 0 saturated carbocycles. The van der Waals surface area contributed by atoms with Gasteiger partial charge in [0.2, 0.25) is 0 Å². The van der Waals surface area contributed by atoms with Gasteiger partial charge in [-0.15, -0.1) is 0 Å². The number of carbonyl (C=O) groups excluding carboxylic acids is 1. The number of carbonyl (C=O) groups is 1. The van der Waals surface area contributed by atoms with E-state index in [0.717, 1.165) is 0 Å². The SMILES string of the molecule is CN(C)C(=O)c1cc(N(C)C)nc2ccc(F)cc12. The molecule has 0 aliphatic rings. The first-order valence-electron chi connectivity index (χ1n) is 5.89. The summed E-state index contributed by atoms with van der Waals surface area (Å²) in [5.74, 6) is 0.130. The average molecular weight is 261 g/mol. The molecule has 19 heavy (non-hydrogen) atoms.